The van der Waals surface area contributed by atoms with Crippen molar-refractivity contribution in [2.45, 2.75) is 19.8 Å². The molecule has 3 aromatic rings. The van der Waals surface area contributed by atoms with E-state index in [1.54, 1.807) is 37.3 Å². The Hall–Kier alpha value is -3.42. The summed E-state index contributed by atoms with van der Waals surface area (Å²) in [7, 11) is 3.13. The molecular formula is C26H27ClN2O5. The van der Waals surface area contributed by atoms with Crippen LogP contribution in [0.2, 0.25) is 5.02 Å². The molecule has 0 aliphatic carbocycles. The van der Waals surface area contributed by atoms with Crippen molar-refractivity contribution >= 4 is 23.3 Å². The number of amides is 2. The predicted octanol–water partition coefficient (Wildman–Crippen LogP) is 5.50. The summed E-state index contributed by atoms with van der Waals surface area (Å²) < 4.78 is 22.3. The summed E-state index contributed by atoms with van der Waals surface area (Å²) in [6.07, 6.45) is 0. The van der Waals surface area contributed by atoms with E-state index in [-0.39, 0.29) is 6.03 Å². The molecule has 2 amide bonds. The second-order valence-electron chi connectivity index (χ2n) is 7.80. The van der Waals surface area contributed by atoms with Gasteiger partial charge in [-0.25, -0.2) is 4.79 Å². The highest BCUT2D eigenvalue weighted by Gasteiger charge is 2.21. The number of nitrogens with one attached hydrogen (secondary N) is 1. The van der Waals surface area contributed by atoms with E-state index in [1.165, 1.54) is 0 Å². The molecule has 7 nitrogen and oxygen atoms in total. The predicted molar refractivity (Wildman–Crippen MR) is 131 cm³/mol. The van der Waals surface area contributed by atoms with E-state index < -0.39 is 0 Å². The van der Waals surface area contributed by atoms with Crippen molar-refractivity contribution in [3.8, 4) is 17.2 Å². The molecule has 0 aromatic heterocycles. The van der Waals surface area contributed by atoms with Gasteiger partial charge in [-0.3, -0.25) is 0 Å². The fourth-order valence-corrected chi connectivity index (χ4v) is 3.91. The Labute approximate surface area is 204 Å². The smallest absolute Gasteiger partial charge is 0.322 e. The number of anilines is 1. The molecule has 0 saturated carbocycles. The van der Waals surface area contributed by atoms with Crippen LogP contribution < -0.4 is 19.5 Å². The molecule has 0 saturated heterocycles. The third-order valence-corrected chi connectivity index (χ3v) is 5.88. The number of halogens is 1. The van der Waals surface area contributed by atoms with E-state index in [1.807, 2.05) is 42.5 Å². The first kappa shape index (κ1) is 23.7. The Balaban J connectivity index is 1.40. The summed E-state index contributed by atoms with van der Waals surface area (Å²) in [5.74, 6) is 1.92. The number of carbonyl (C=O) groups excluding carboxylic acids is 1. The summed E-state index contributed by atoms with van der Waals surface area (Å²) in [5, 5.41) is 3.62. The molecule has 0 spiro atoms. The molecule has 34 heavy (non-hydrogen) atoms. The molecule has 8 heteroatoms. The number of benzene rings is 3. The van der Waals surface area contributed by atoms with Crippen LogP contribution in [0.15, 0.2) is 60.7 Å². The lowest BCUT2D eigenvalue weighted by molar-refractivity contribution is 0.107. The maximum atomic E-state index is 13.0. The van der Waals surface area contributed by atoms with Gasteiger partial charge < -0.3 is 29.2 Å². The van der Waals surface area contributed by atoms with Crippen molar-refractivity contribution in [2.75, 3.05) is 32.7 Å². The second kappa shape index (κ2) is 11.1. The van der Waals surface area contributed by atoms with Crippen LogP contribution in [0.4, 0.5) is 10.5 Å². The SMILES string of the molecule is COc1ccc(NC(=O)N2CCOc3ccc(COCc4ccccc4Cl)cc3C2)cc1OC. The molecule has 4 rings (SSSR count). The first-order valence-electron chi connectivity index (χ1n) is 10.9. The van der Waals surface area contributed by atoms with Gasteiger partial charge in [0.15, 0.2) is 11.5 Å². The number of methoxy groups -OCH3 is 2. The lowest BCUT2D eigenvalue weighted by Gasteiger charge is -2.21. The highest BCUT2D eigenvalue weighted by molar-refractivity contribution is 6.31. The topological polar surface area (TPSA) is 69.3 Å². The average Bonchev–Trinajstić information content (AvgIpc) is 3.07. The fraction of sp³-hybridized carbons (Fsp3) is 0.269. The van der Waals surface area contributed by atoms with Crippen LogP contribution in [-0.4, -0.2) is 38.3 Å². The van der Waals surface area contributed by atoms with Crippen LogP contribution >= 0.6 is 11.6 Å². The van der Waals surface area contributed by atoms with Gasteiger partial charge in [0.25, 0.3) is 0 Å². The Morgan fingerprint density at radius 2 is 1.85 bits per heavy atom. The van der Waals surface area contributed by atoms with Crippen LogP contribution in [0.5, 0.6) is 17.2 Å². The van der Waals surface area contributed by atoms with Gasteiger partial charge in [0.2, 0.25) is 0 Å². The first-order chi connectivity index (χ1) is 16.6. The lowest BCUT2D eigenvalue weighted by atomic mass is 10.1. The van der Waals surface area contributed by atoms with Crippen LogP contribution in [0.3, 0.4) is 0 Å². The zero-order valence-corrected chi connectivity index (χ0v) is 19.9. The van der Waals surface area contributed by atoms with Gasteiger partial charge in [-0.15, -0.1) is 0 Å². The minimum Gasteiger partial charge on any atom is -0.493 e. The van der Waals surface area contributed by atoms with Crippen LogP contribution in [0, 0.1) is 0 Å². The molecule has 1 aliphatic heterocycles. The van der Waals surface area contributed by atoms with Gasteiger partial charge in [-0.2, -0.15) is 0 Å². The average molecular weight is 483 g/mol. The largest absolute Gasteiger partial charge is 0.493 e. The van der Waals surface area contributed by atoms with Crippen molar-refractivity contribution in [1.29, 1.82) is 0 Å². The Bertz CT molecular complexity index is 1150. The third kappa shape index (κ3) is 5.73. The number of fused-ring (bicyclic) bond motifs is 1. The lowest BCUT2D eigenvalue weighted by Crippen LogP contribution is -2.36. The monoisotopic (exact) mass is 482 g/mol. The van der Waals surface area contributed by atoms with E-state index in [0.29, 0.717) is 55.1 Å². The standard InChI is InChI=1S/C26H27ClN2O5/c1-31-24-10-8-21(14-25(24)32-2)28-26(30)29-11-12-34-23-9-7-18(13-20(23)15-29)16-33-17-19-5-3-4-6-22(19)27/h3-10,13-14H,11-12,15-17H2,1-2H3,(H,28,30). The van der Waals surface area contributed by atoms with E-state index >= 15 is 0 Å². The van der Waals surface area contributed by atoms with Gasteiger partial charge in [0.1, 0.15) is 12.4 Å². The molecule has 178 valence electrons. The Morgan fingerprint density at radius 3 is 2.65 bits per heavy atom. The summed E-state index contributed by atoms with van der Waals surface area (Å²) in [4.78, 5) is 14.7. The fourth-order valence-electron chi connectivity index (χ4n) is 3.72. The van der Waals surface area contributed by atoms with Crippen LogP contribution in [0.25, 0.3) is 0 Å². The number of nitrogens with zero attached hydrogens (tertiary/aromatic N) is 1. The van der Waals surface area contributed by atoms with Gasteiger partial charge in [-0.05, 0) is 41.5 Å². The highest BCUT2D eigenvalue weighted by Crippen LogP contribution is 2.30. The van der Waals surface area contributed by atoms with E-state index in [0.717, 1.165) is 22.4 Å². The second-order valence-corrected chi connectivity index (χ2v) is 8.20. The van der Waals surface area contributed by atoms with Crippen molar-refractivity contribution in [3.63, 3.8) is 0 Å². The number of rotatable bonds is 7. The first-order valence-corrected chi connectivity index (χ1v) is 11.3. The van der Waals surface area contributed by atoms with Crippen molar-refractivity contribution in [3.05, 3.63) is 82.4 Å². The maximum Gasteiger partial charge on any atom is 0.322 e. The van der Waals surface area contributed by atoms with Gasteiger partial charge >= 0.3 is 6.03 Å². The van der Waals surface area contributed by atoms with E-state index in [9.17, 15) is 4.79 Å². The zero-order valence-electron chi connectivity index (χ0n) is 19.2. The number of ether oxygens (including phenoxy) is 4. The molecule has 1 heterocycles. The summed E-state index contributed by atoms with van der Waals surface area (Å²) in [6, 6.07) is 18.6. The zero-order chi connectivity index (χ0) is 23.9. The molecule has 0 radical (unpaired) electrons. The molecule has 0 atom stereocenters. The minimum absolute atomic E-state index is 0.218. The van der Waals surface area contributed by atoms with Crippen molar-refractivity contribution in [1.82, 2.24) is 4.90 Å². The molecule has 0 fully saturated rings. The molecule has 0 unspecified atom stereocenters. The van der Waals surface area contributed by atoms with Gasteiger partial charge in [0.05, 0.1) is 40.5 Å². The quantitative estimate of drug-likeness (QED) is 0.481. The molecule has 3 aromatic carbocycles. The van der Waals surface area contributed by atoms with E-state index in [2.05, 4.69) is 5.32 Å². The Kier molecular flexibility index (Phi) is 7.77. The summed E-state index contributed by atoms with van der Waals surface area (Å²) >= 11 is 6.20. The van der Waals surface area contributed by atoms with Crippen molar-refractivity contribution in [2.24, 2.45) is 0 Å². The summed E-state index contributed by atoms with van der Waals surface area (Å²) in [5.41, 5.74) is 3.49. The maximum absolute atomic E-state index is 13.0. The number of carbonyl (C=O) groups is 1. The van der Waals surface area contributed by atoms with Gasteiger partial charge in [-0.1, -0.05) is 35.9 Å². The normalized spacial score (nSPS) is 12.9. The highest BCUT2D eigenvalue weighted by atomic mass is 35.5. The molecule has 1 N–H and O–H groups in total. The molecule has 0 bridgehead atoms. The van der Waals surface area contributed by atoms with Gasteiger partial charge in [0, 0.05) is 22.3 Å². The van der Waals surface area contributed by atoms with E-state index in [4.69, 9.17) is 30.5 Å². The molecule has 1 aliphatic rings. The summed E-state index contributed by atoms with van der Waals surface area (Å²) in [6.45, 7) is 2.15. The molecular weight excluding hydrogens is 456 g/mol. The Morgan fingerprint density at radius 1 is 1.03 bits per heavy atom. The number of hydrogen-bond acceptors (Lipinski definition) is 5. The van der Waals surface area contributed by atoms with Crippen molar-refractivity contribution < 1.29 is 23.7 Å². The number of hydrogen-bond donors (Lipinski definition) is 1. The third-order valence-electron chi connectivity index (χ3n) is 5.51. The number of urea groups is 1. The van der Waals surface area contributed by atoms with Crippen LogP contribution in [-0.2, 0) is 24.5 Å². The van der Waals surface area contributed by atoms with Crippen LogP contribution in [0.1, 0.15) is 16.7 Å². The minimum atomic E-state index is -0.218.